The Bertz CT molecular complexity index is 1400. The first-order chi connectivity index (χ1) is 16.7. The van der Waals surface area contributed by atoms with E-state index in [1.54, 1.807) is 13.7 Å². The van der Waals surface area contributed by atoms with Crippen LogP contribution >= 0.6 is 109 Å². The van der Waals surface area contributed by atoms with Crippen LogP contribution in [0, 0.1) is 28.6 Å². The topological polar surface area (TPSA) is 68.2 Å². The molecule has 0 atom stereocenters. The van der Waals surface area contributed by atoms with Crippen LogP contribution in [0.1, 0.15) is 0 Å². The van der Waals surface area contributed by atoms with Gasteiger partial charge < -0.3 is 13.7 Å². The molecule has 3 heterocycles. The van der Waals surface area contributed by atoms with E-state index < -0.39 is 0 Å². The molecule has 0 aromatic carbocycles. The van der Waals surface area contributed by atoms with Crippen molar-refractivity contribution in [3.05, 3.63) is 28.6 Å². The fourth-order valence-corrected chi connectivity index (χ4v) is 5.58. The Morgan fingerprint density at radius 2 is 0.611 bits per heavy atom. The quantitative estimate of drug-likeness (QED) is 0.252. The van der Waals surface area contributed by atoms with Gasteiger partial charge in [0.05, 0.1) is 0 Å². The molecule has 0 unspecified atom stereocenters. The van der Waals surface area contributed by atoms with Gasteiger partial charge in [0.2, 0.25) is 14.3 Å². The van der Waals surface area contributed by atoms with Gasteiger partial charge in [-0.05, 0) is 92.1 Å². The fourth-order valence-electron chi connectivity index (χ4n) is 2.41. The summed E-state index contributed by atoms with van der Waals surface area (Å²) in [7, 11) is 11.1. The number of aromatic nitrogens is 9. The Morgan fingerprint density at radius 3 is 0.778 bits per heavy atom. The SMILES string of the molecule is CSc1nc(=S)n(C)c(=S)n1C.CSc1nc(=S)n(C)c(=S)n1C.CSc1nc(=S)n(C)c(=S)n1C. The first-order valence-electron chi connectivity index (χ1n) is 9.77. The summed E-state index contributed by atoms with van der Waals surface area (Å²) in [5.41, 5.74) is 0. The van der Waals surface area contributed by atoms with E-state index in [0.717, 1.165) is 15.5 Å². The second-order valence-electron chi connectivity index (χ2n) is 6.85. The molecule has 0 aliphatic heterocycles. The fraction of sp³-hybridized carbons (Fsp3) is 0.500. The highest BCUT2D eigenvalue weighted by Gasteiger charge is 2.02. The Hall–Kier alpha value is -0.600. The van der Waals surface area contributed by atoms with Crippen LogP contribution in [-0.2, 0) is 42.3 Å². The van der Waals surface area contributed by atoms with Crippen molar-refractivity contribution in [3.63, 3.8) is 0 Å². The number of nitrogens with zero attached hydrogens (tertiary/aromatic N) is 9. The highest BCUT2D eigenvalue weighted by Crippen LogP contribution is 2.11. The van der Waals surface area contributed by atoms with Crippen molar-refractivity contribution < 1.29 is 0 Å². The van der Waals surface area contributed by atoms with Crippen molar-refractivity contribution in [3.8, 4) is 0 Å². The molecule has 198 valence electrons. The first kappa shape index (κ1) is 33.4. The zero-order valence-electron chi connectivity index (χ0n) is 21.2. The zero-order chi connectivity index (χ0) is 27.9. The summed E-state index contributed by atoms with van der Waals surface area (Å²) in [6, 6.07) is 0. The van der Waals surface area contributed by atoms with Gasteiger partial charge in [0.1, 0.15) is 0 Å². The third kappa shape index (κ3) is 8.20. The average Bonchev–Trinajstić information content (AvgIpc) is 2.87. The van der Waals surface area contributed by atoms with Crippen molar-refractivity contribution >= 4 is 109 Å². The number of thioether (sulfide) groups is 3. The van der Waals surface area contributed by atoms with E-state index in [0.29, 0.717) is 28.6 Å². The van der Waals surface area contributed by atoms with Crippen molar-refractivity contribution in [2.45, 2.75) is 15.5 Å². The molecule has 3 aromatic heterocycles. The van der Waals surface area contributed by atoms with Crippen molar-refractivity contribution in [2.24, 2.45) is 42.3 Å². The maximum atomic E-state index is 5.14. The van der Waals surface area contributed by atoms with Gasteiger partial charge in [0.15, 0.2) is 29.8 Å². The predicted octanol–water partition coefficient (Wildman–Crippen LogP) is 5.82. The summed E-state index contributed by atoms with van der Waals surface area (Å²) >= 11 is 35.1. The van der Waals surface area contributed by atoms with E-state index >= 15 is 0 Å². The molecular weight excluding hydrogens is 631 g/mol. The lowest BCUT2D eigenvalue weighted by molar-refractivity contribution is 0.619. The molecule has 0 radical (unpaired) electrons. The van der Waals surface area contributed by atoms with Crippen molar-refractivity contribution in [1.82, 2.24) is 42.4 Å². The molecule has 0 N–H and O–H groups in total. The highest BCUT2D eigenvalue weighted by atomic mass is 32.2. The molecule has 3 aromatic rings. The Morgan fingerprint density at radius 1 is 0.417 bits per heavy atom. The molecule has 36 heavy (non-hydrogen) atoms. The van der Waals surface area contributed by atoms with Crippen LogP contribution in [0.5, 0.6) is 0 Å². The lowest BCUT2D eigenvalue weighted by atomic mass is 10.9. The monoisotopic (exact) mass is 657 g/mol. The van der Waals surface area contributed by atoms with E-state index in [2.05, 4.69) is 15.0 Å². The van der Waals surface area contributed by atoms with Gasteiger partial charge in [0.25, 0.3) is 0 Å². The van der Waals surface area contributed by atoms with Gasteiger partial charge in [-0.1, -0.05) is 35.3 Å². The van der Waals surface area contributed by atoms with Crippen LogP contribution in [0.15, 0.2) is 15.5 Å². The lowest BCUT2D eigenvalue weighted by Crippen LogP contribution is -2.09. The summed E-state index contributed by atoms with van der Waals surface area (Å²) in [6.45, 7) is 0. The summed E-state index contributed by atoms with van der Waals surface area (Å²) in [4.78, 5) is 12.6. The van der Waals surface area contributed by atoms with Crippen LogP contribution in [0.4, 0.5) is 0 Å². The third-order valence-corrected chi connectivity index (χ3v) is 9.49. The second kappa shape index (κ2) is 15.1. The van der Waals surface area contributed by atoms with E-state index in [4.69, 9.17) is 73.3 Å². The third-order valence-electron chi connectivity index (χ3n) is 4.56. The highest BCUT2D eigenvalue weighted by molar-refractivity contribution is 7.98. The molecule has 0 spiro atoms. The Labute approximate surface area is 254 Å². The van der Waals surface area contributed by atoms with Gasteiger partial charge in [0, 0.05) is 42.3 Å². The average molecular weight is 658 g/mol. The molecule has 3 rings (SSSR count). The molecule has 9 nitrogen and oxygen atoms in total. The Balaban J connectivity index is 0.000000270. The van der Waals surface area contributed by atoms with E-state index in [9.17, 15) is 0 Å². The zero-order valence-corrected chi connectivity index (χ0v) is 28.5. The van der Waals surface area contributed by atoms with Gasteiger partial charge in [-0.2, -0.15) is 15.0 Å². The molecule has 0 bridgehead atoms. The summed E-state index contributed by atoms with van der Waals surface area (Å²) < 4.78 is 14.3. The number of rotatable bonds is 3. The van der Waals surface area contributed by atoms with E-state index in [1.807, 2.05) is 74.8 Å². The van der Waals surface area contributed by atoms with Gasteiger partial charge in [-0.15, -0.1) is 0 Å². The maximum absolute atomic E-state index is 5.14. The molecule has 0 amide bonds. The van der Waals surface area contributed by atoms with E-state index in [1.165, 1.54) is 35.3 Å². The largest absolute Gasteiger partial charge is 0.301 e. The first-order valence-corrected chi connectivity index (χ1v) is 15.9. The van der Waals surface area contributed by atoms with Crippen LogP contribution in [-0.4, -0.2) is 61.1 Å². The minimum Gasteiger partial charge on any atom is -0.301 e. The lowest BCUT2D eigenvalue weighted by Gasteiger charge is -2.07. The molecule has 0 aliphatic carbocycles. The molecule has 0 fully saturated rings. The molecule has 0 saturated heterocycles. The second-order valence-corrected chi connectivity index (χ2v) is 11.4. The number of hydrogen-bond donors (Lipinski definition) is 0. The summed E-state index contributed by atoms with van der Waals surface area (Å²) in [5.74, 6) is 0. The number of hydrogen-bond acceptors (Lipinski definition) is 12. The Kier molecular flexibility index (Phi) is 14.0. The minimum absolute atomic E-state index is 0.530. The van der Waals surface area contributed by atoms with Gasteiger partial charge in [-0.25, -0.2) is 0 Å². The predicted molar refractivity (Wildman–Crippen MR) is 167 cm³/mol. The maximum Gasteiger partial charge on any atom is 0.203 e. The molecule has 0 saturated carbocycles. The van der Waals surface area contributed by atoms with Crippen LogP contribution in [0.25, 0.3) is 0 Å². The van der Waals surface area contributed by atoms with Crippen LogP contribution < -0.4 is 0 Å². The smallest absolute Gasteiger partial charge is 0.203 e. The summed E-state index contributed by atoms with van der Waals surface area (Å²) in [5, 5.41) is 2.55. The van der Waals surface area contributed by atoms with Crippen molar-refractivity contribution in [1.29, 1.82) is 0 Å². The van der Waals surface area contributed by atoms with Crippen molar-refractivity contribution in [2.75, 3.05) is 18.8 Å². The minimum atomic E-state index is 0.530. The normalized spacial score (nSPS) is 10.2. The summed E-state index contributed by atoms with van der Waals surface area (Å²) in [6.07, 6.45) is 5.85. The standard InChI is InChI=1S/3C6H9N3S3/c3*1-8-4(10)7-5(12-3)9(2)6(8)11/h3*1-3H3. The molecule has 18 heteroatoms. The van der Waals surface area contributed by atoms with Crippen LogP contribution in [0.2, 0.25) is 0 Å². The molecule has 0 aliphatic rings. The van der Waals surface area contributed by atoms with Gasteiger partial charge in [-0.3, -0.25) is 13.7 Å². The molecular formula is C18H27N9S9. The van der Waals surface area contributed by atoms with E-state index in [-0.39, 0.29) is 0 Å². The van der Waals surface area contributed by atoms with Crippen LogP contribution in [0.3, 0.4) is 0 Å². The van der Waals surface area contributed by atoms with Gasteiger partial charge >= 0.3 is 0 Å².